The van der Waals surface area contributed by atoms with E-state index >= 15 is 0 Å². The molecule has 5 nitrogen and oxygen atoms in total. The predicted octanol–water partition coefficient (Wildman–Crippen LogP) is 4.21. The van der Waals surface area contributed by atoms with Crippen LogP contribution >= 0.6 is 11.8 Å². The number of nitrogens with zero attached hydrogens (tertiary/aromatic N) is 1. The fourth-order valence-corrected chi connectivity index (χ4v) is 3.13. The number of carbonyl (C=O) groups excluding carboxylic acids is 1. The molecule has 1 heterocycles. The van der Waals surface area contributed by atoms with Crippen LogP contribution in [-0.2, 0) is 0 Å². The van der Waals surface area contributed by atoms with Crippen molar-refractivity contribution in [1.29, 1.82) is 0 Å². The number of halogens is 1. The molecule has 3 aromatic rings. The Bertz CT molecular complexity index is 909. The molecule has 0 aliphatic rings. The fourth-order valence-electron chi connectivity index (χ4n) is 2.39. The van der Waals surface area contributed by atoms with E-state index in [2.05, 4.69) is 9.97 Å². The van der Waals surface area contributed by atoms with Gasteiger partial charge in [-0.1, -0.05) is 11.8 Å². The SMILES string of the molecule is COc1ccc(C(=O)CSc2ncc(-c3ccc(F)cc3)[nH]2)c(OC)c1. The van der Waals surface area contributed by atoms with Crippen molar-refractivity contribution in [3.05, 3.63) is 60.0 Å². The quantitative estimate of drug-likeness (QED) is 0.497. The Morgan fingerprint density at radius 2 is 1.92 bits per heavy atom. The van der Waals surface area contributed by atoms with E-state index in [1.54, 1.807) is 43.6 Å². The van der Waals surface area contributed by atoms with Crippen molar-refractivity contribution >= 4 is 17.5 Å². The maximum Gasteiger partial charge on any atom is 0.176 e. The van der Waals surface area contributed by atoms with Crippen LogP contribution in [0.5, 0.6) is 11.5 Å². The molecule has 0 saturated heterocycles. The summed E-state index contributed by atoms with van der Waals surface area (Å²) in [5.41, 5.74) is 2.09. The number of Topliss-reactive ketones (excluding diaryl/α,β-unsaturated/α-hetero) is 1. The van der Waals surface area contributed by atoms with Gasteiger partial charge >= 0.3 is 0 Å². The molecule has 0 bridgehead atoms. The van der Waals surface area contributed by atoms with Gasteiger partial charge in [-0.25, -0.2) is 9.37 Å². The van der Waals surface area contributed by atoms with Gasteiger partial charge in [0, 0.05) is 6.07 Å². The standard InChI is InChI=1S/C19H17FN2O3S/c1-24-14-7-8-15(18(9-14)25-2)17(23)11-26-19-21-10-16(22-19)12-3-5-13(20)6-4-12/h3-10H,11H2,1-2H3,(H,21,22). The minimum absolute atomic E-state index is 0.0748. The number of H-pyrrole nitrogens is 1. The van der Waals surface area contributed by atoms with Crippen LogP contribution in [0.4, 0.5) is 4.39 Å². The molecule has 3 rings (SSSR count). The van der Waals surface area contributed by atoms with Gasteiger partial charge in [0.2, 0.25) is 0 Å². The molecule has 134 valence electrons. The highest BCUT2D eigenvalue weighted by molar-refractivity contribution is 7.99. The summed E-state index contributed by atoms with van der Waals surface area (Å²) in [6, 6.07) is 11.2. The van der Waals surface area contributed by atoms with E-state index < -0.39 is 0 Å². The van der Waals surface area contributed by atoms with Crippen molar-refractivity contribution in [2.75, 3.05) is 20.0 Å². The van der Waals surface area contributed by atoms with Crippen LogP contribution in [0.25, 0.3) is 11.3 Å². The number of nitrogens with one attached hydrogen (secondary N) is 1. The zero-order valence-corrected chi connectivity index (χ0v) is 15.1. The number of thioether (sulfide) groups is 1. The summed E-state index contributed by atoms with van der Waals surface area (Å²) in [6.45, 7) is 0. The third-order valence-corrected chi connectivity index (χ3v) is 4.64. The molecule has 1 aromatic heterocycles. The fraction of sp³-hybridized carbons (Fsp3) is 0.158. The van der Waals surface area contributed by atoms with Gasteiger partial charge in [0.15, 0.2) is 10.9 Å². The van der Waals surface area contributed by atoms with E-state index in [-0.39, 0.29) is 17.4 Å². The second-order valence-corrected chi connectivity index (χ2v) is 6.35. The monoisotopic (exact) mass is 372 g/mol. The molecule has 2 aromatic carbocycles. The number of carbonyl (C=O) groups is 1. The molecule has 0 amide bonds. The van der Waals surface area contributed by atoms with E-state index in [1.165, 1.54) is 31.0 Å². The van der Waals surface area contributed by atoms with Crippen LogP contribution in [0, 0.1) is 5.82 Å². The van der Waals surface area contributed by atoms with Crippen molar-refractivity contribution in [1.82, 2.24) is 9.97 Å². The molecule has 0 aliphatic carbocycles. The zero-order chi connectivity index (χ0) is 18.5. The molecule has 7 heteroatoms. The van der Waals surface area contributed by atoms with Gasteiger partial charge < -0.3 is 14.5 Å². The highest BCUT2D eigenvalue weighted by Crippen LogP contribution is 2.27. The second-order valence-electron chi connectivity index (χ2n) is 5.39. The molecule has 0 unspecified atom stereocenters. The number of benzene rings is 2. The highest BCUT2D eigenvalue weighted by Gasteiger charge is 2.15. The molecule has 0 radical (unpaired) electrons. The smallest absolute Gasteiger partial charge is 0.176 e. The first-order valence-electron chi connectivity index (χ1n) is 7.79. The van der Waals surface area contributed by atoms with Gasteiger partial charge in [0.05, 0.1) is 37.4 Å². The second kappa shape index (κ2) is 8.05. The van der Waals surface area contributed by atoms with Crippen LogP contribution < -0.4 is 9.47 Å². The van der Waals surface area contributed by atoms with E-state index in [0.717, 1.165) is 11.3 Å². The van der Waals surface area contributed by atoms with E-state index in [1.807, 2.05) is 0 Å². The van der Waals surface area contributed by atoms with Gasteiger partial charge in [0.25, 0.3) is 0 Å². The number of methoxy groups -OCH3 is 2. The maximum atomic E-state index is 13.0. The van der Waals surface area contributed by atoms with Crippen LogP contribution in [0.2, 0.25) is 0 Å². The van der Waals surface area contributed by atoms with Crippen molar-refractivity contribution in [2.24, 2.45) is 0 Å². The predicted molar refractivity (Wildman–Crippen MR) is 98.6 cm³/mol. The average Bonchev–Trinajstić information content (AvgIpc) is 3.15. The van der Waals surface area contributed by atoms with Gasteiger partial charge in [-0.2, -0.15) is 0 Å². The lowest BCUT2D eigenvalue weighted by Gasteiger charge is -2.09. The minimum atomic E-state index is -0.290. The lowest BCUT2D eigenvalue weighted by Crippen LogP contribution is -2.05. The molecular formula is C19H17FN2O3S. The first-order chi connectivity index (χ1) is 12.6. The van der Waals surface area contributed by atoms with Crippen LogP contribution in [0.1, 0.15) is 10.4 Å². The summed E-state index contributed by atoms with van der Waals surface area (Å²) in [5, 5.41) is 0.616. The topological polar surface area (TPSA) is 64.2 Å². The van der Waals surface area contributed by atoms with E-state index in [9.17, 15) is 9.18 Å². The Hall–Kier alpha value is -2.80. The van der Waals surface area contributed by atoms with Crippen molar-refractivity contribution < 1.29 is 18.7 Å². The molecule has 0 atom stereocenters. The molecule has 0 saturated carbocycles. The minimum Gasteiger partial charge on any atom is -0.497 e. The molecule has 26 heavy (non-hydrogen) atoms. The molecule has 0 aliphatic heterocycles. The molecular weight excluding hydrogens is 355 g/mol. The zero-order valence-electron chi connectivity index (χ0n) is 14.3. The third kappa shape index (κ3) is 4.05. The number of imidazole rings is 1. The summed E-state index contributed by atoms with van der Waals surface area (Å²) in [4.78, 5) is 19.9. The van der Waals surface area contributed by atoms with Crippen molar-refractivity contribution in [2.45, 2.75) is 5.16 Å². The summed E-state index contributed by atoms with van der Waals surface area (Å²) < 4.78 is 23.4. The van der Waals surface area contributed by atoms with E-state index in [0.29, 0.717) is 22.2 Å². The molecule has 0 spiro atoms. The Kier molecular flexibility index (Phi) is 5.58. The number of hydrogen-bond acceptors (Lipinski definition) is 5. The average molecular weight is 372 g/mol. The van der Waals surface area contributed by atoms with Gasteiger partial charge in [0.1, 0.15) is 17.3 Å². The van der Waals surface area contributed by atoms with Gasteiger partial charge in [-0.15, -0.1) is 0 Å². The molecule has 0 fully saturated rings. The summed E-state index contributed by atoms with van der Waals surface area (Å²) in [5.74, 6) is 0.942. The van der Waals surface area contributed by atoms with E-state index in [4.69, 9.17) is 9.47 Å². The number of aromatic amines is 1. The Morgan fingerprint density at radius 3 is 2.62 bits per heavy atom. The number of rotatable bonds is 7. The normalized spacial score (nSPS) is 10.6. The largest absolute Gasteiger partial charge is 0.497 e. The maximum absolute atomic E-state index is 13.0. The summed E-state index contributed by atoms with van der Waals surface area (Å²) in [6.07, 6.45) is 1.66. The number of ether oxygens (including phenoxy) is 2. The van der Waals surface area contributed by atoms with Crippen molar-refractivity contribution in [3.8, 4) is 22.8 Å². The third-order valence-electron chi connectivity index (χ3n) is 3.76. The first kappa shape index (κ1) is 18.0. The highest BCUT2D eigenvalue weighted by atomic mass is 32.2. The van der Waals surface area contributed by atoms with Crippen molar-refractivity contribution in [3.63, 3.8) is 0 Å². The Balaban J connectivity index is 1.68. The van der Waals surface area contributed by atoms with Gasteiger partial charge in [-0.05, 0) is 42.0 Å². The number of aromatic nitrogens is 2. The number of ketones is 1. The summed E-state index contributed by atoms with van der Waals surface area (Å²) >= 11 is 1.29. The van der Waals surface area contributed by atoms with Crippen LogP contribution in [-0.4, -0.2) is 35.7 Å². The van der Waals surface area contributed by atoms with Gasteiger partial charge in [-0.3, -0.25) is 4.79 Å². The summed E-state index contributed by atoms with van der Waals surface area (Å²) in [7, 11) is 3.07. The lowest BCUT2D eigenvalue weighted by molar-refractivity contribution is 0.101. The first-order valence-corrected chi connectivity index (χ1v) is 8.78. The number of hydrogen-bond donors (Lipinski definition) is 1. The lowest BCUT2D eigenvalue weighted by atomic mass is 10.1. The van der Waals surface area contributed by atoms with Crippen LogP contribution in [0.3, 0.4) is 0 Å². The van der Waals surface area contributed by atoms with Crippen LogP contribution in [0.15, 0.2) is 53.8 Å². The molecule has 1 N–H and O–H groups in total. The Labute approximate surface area is 154 Å². The Morgan fingerprint density at radius 1 is 1.15 bits per heavy atom.